The molecule has 0 aromatic heterocycles. The first-order valence-corrected chi connectivity index (χ1v) is 8.37. The molecule has 2 N–H and O–H groups in total. The van der Waals surface area contributed by atoms with Gasteiger partial charge in [0.05, 0.1) is 21.3 Å². The van der Waals surface area contributed by atoms with E-state index in [2.05, 4.69) is 21.1 Å². The maximum absolute atomic E-state index is 11.8. The molecule has 12 nitrogen and oxygen atoms in total. The lowest BCUT2D eigenvalue weighted by atomic mass is 10.1. The summed E-state index contributed by atoms with van der Waals surface area (Å²) in [4.78, 5) is 43.9. The zero-order chi connectivity index (χ0) is 22.3. The maximum atomic E-state index is 11.8. The SMILES string of the molecule is CC(=NNC(=O)C(=O)NN=C(C)c1ccc([N+](=O)[O-])cc1)c1ccc([N+](=O)[O-])cc1. The Hall–Kier alpha value is -4.48. The van der Waals surface area contributed by atoms with Crippen LogP contribution in [0.15, 0.2) is 58.7 Å². The number of nitrogens with one attached hydrogen (secondary N) is 2. The number of non-ortho nitro benzene ring substituents is 2. The first-order chi connectivity index (χ1) is 14.2. The number of rotatable bonds is 6. The Labute approximate surface area is 169 Å². The molecule has 0 aliphatic rings. The summed E-state index contributed by atoms with van der Waals surface area (Å²) in [5.74, 6) is -2.15. The summed E-state index contributed by atoms with van der Waals surface area (Å²) in [6.45, 7) is 3.10. The number of nitro benzene ring substituents is 2. The van der Waals surface area contributed by atoms with E-state index in [1.165, 1.54) is 48.5 Å². The smallest absolute Gasteiger partial charge is 0.262 e. The molecule has 0 radical (unpaired) electrons. The zero-order valence-corrected chi connectivity index (χ0v) is 15.9. The molecule has 0 aliphatic heterocycles. The van der Waals surface area contributed by atoms with E-state index >= 15 is 0 Å². The van der Waals surface area contributed by atoms with E-state index in [4.69, 9.17) is 0 Å². The van der Waals surface area contributed by atoms with Gasteiger partial charge in [-0.05, 0) is 49.2 Å². The lowest BCUT2D eigenvalue weighted by Gasteiger charge is -2.04. The van der Waals surface area contributed by atoms with Crippen LogP contribution in [-0.2, 0) is 9.59 Å². The Bertz CT molecular complexity index is 958. The Morgan fingerprint density at radius 3 is 1.27 bits per heavy atom. The van der Waals surface area contributed by atoms with Crippen LogP contribution in [0.25, 0.3) is 0 Å². The minimum atomic E-state index is -1.07. The summed E-state index contributed by atoms with van der Waals surface area (Å²) in [7, 11) is 0. The summed E-state index contributed by atoms with van der Waals surface area (Å²) in [5.41, 5.74) is 5.65. The molecule has 0 fully saturated rings. The molecule has 0 bridgehead atoms. The van der Waals surface area contributed by atoms with Crippen molar-refractivity contribution < 1.29 is 19.4 Å². The molecule has 0 heterocycles. The van der Waals surface area contributed by atoms with Crippen molar-refractivity contribution in [2.45, 2.75) is 13.8 Å². The highest BCUT2D eigenvalue weighted by Gasteiger charge is 2.13. The van der Waals surface area contributed by atoms with Gasteiger partial charge in [-0.3, -0.25) is 29.8 Å². The molecular formula is C18H16N6O6. The molecule has 0 spiro atoms. The van der Waals surface area contributed by atoms with Gasteiger partial charge < -0.3 is 0 Å². The van der Waals surface area contributed by atoms with Crippen LogP contribution in [0.5, 0.6) is 0 Å². The van der Waals surface area contributed by atoms with Crippen LogP contribution in [0.2, 0.25) is 0 Å². The van der Waals surface area contributed by atoms with Gasteiger partial charge in [-0.2, -0.15) is 10.2 Å². The van der Waals surface area contributed by atoms with Gasteiger partial charge in [0.1, 0.15) is 0 Å². The Morgan fingerprint density at radius 2 is 1.00 bits per heavy atom. The van der Waals surface area contributed by atoms with E-state index < -0.39 is 21.7 Å². The van der Waals surface area contributed by atoms with Crippen molar-refractivity contribution in [2.24, 2.45) is 10.2 Å². The first-order valence-electron chi connectivity index (χ1n) is 8.37. The predicted octanol–water partition coefficient (Wildman–Crippen LogP) is 1.88. The molecule has 2 aromatic rings. The molecule has 0 saturated heterocycles. The normalized spacial score (nSPS) is 11.5. The number of hydrogen-bond donors (Lipinski definition) is 2. The average Bonchev–Trinajstić information content (AvgIpc) is 2.75. The van der Waals surface area contributed by atoms with Gasteiger partial charge in [-0.15, -0.1) is 0 Å². The molecule has 0 unspecified atom stereocenters. The highest BCUT2D eigenvalue weighted by Crippen LogP contribution is 2.13. The van der Waals surface area contributed by atoms with Crippen LogP contribution >= 0.6 is 0 Å². The number of amides is 2. The fraction of sp³-hybridized carbons (Fsp3) is 0.111. The van der Waals surface area contributed by atoms with Crippen molar-refractivity contribution in [1.82, 2.24) is 10.9 Å². The topological polar surface area (TPSA) is 169 Å². The van der Waals surface area contributed by atoms with E-state index in [1.54, 1.807) is 13.8 Å². The number of carbonyl (C=O) groups is 2. The molecule has 2 aromatic carbocycles. The molecule has 2 amide bonds. The van der Waals surface area contributed by atoms with Gasteiger partial charge in [0.2, 0.25) is 0 Å². The third kappa shape index (κ3) is 5.76. The molecule has 2 rings (SSSR count). The van der Waals surface area contributed by atoms with Crippen LogP contribution < -0.4 is 10.9 Å². The quantitative estimate of drug-likeness (QED) is 0.317. The van der Waals surface area contributed by atoms with E-state index in [-0.39, 0.29) is 11.4 Å². The second kappa shape index (κ2) is 9.64. The Kier molecular flexibility index (Phi) is 7.01. The monoisotopic (exact) mass is 412 g/mol. The molecule has 12 heteroatoms. The fourth-order valence-corrected chi connectivity index (χ4v) is 2.15. The summed E-state index contributed by atoms with van der Waals surface area (Å²) in [6.07, 6.45) is 0. The van der Waals surface area contributed by atoms with Crippen molar-refractivity contribution in [1.29, 1.82) is 0 Å². The van der Waals surface area contributed by atoms with Crippen LogP contribution in [-0.4, -0.2) is 33.1 Å². The van der Waals surface area contributed by atoms with Gasteiger partial charge in [0.25, 0.3) is 11.4 Å². The summed E-state index contributed by atoms with van der Waals surface area (Å²) in [6, 6.07) is 11.0. The van der Waals surface area contributed by atoms with Crippen LogP contribution in [0.1, 0.15) is 25.0 Å². The number of hydrogen-bond acceptors (Lipinski definition) is 8. The summed E-state index contributed by atoms with van der Waals surface area (Å²) in [5, 5.41) is 28.9. The van der Waals surface area contributed by atoms with Gasteiger partial charge >= 0.3 is 11.8 Å². The Balaban J connectivity index is 1.95. The van der Waals surface area contributed by atoms with Crippen molar-refractivity contribution in [3.63, 3.8) is 0 Å². The molecule has 0 atom stereocenters. The number of carbonyl (C=O) groups excluding carboxylic acids is 2. The lowest BCUT2D eigenvalue weighted by molar-refractivity contribution is -0.385. The van der Waals surface area contributed by atoms with Gasteiger partial charge in [0, 0.05) is 24.3 Å². The third-order valence-corrected chi connectivity index (χ3v) is 3.85. The maximum Gasteiger partial charge on any atom is 0.331 e. The largest absolute Gasteiger partial charge is 0.331 e. The van der Waals surface area contributed by atoms with E-state index in [9.17, 15) is 29.8 Å². The average molecular weight is 412 g/mol. The molecular weight excluding hydrogens is 396 g/mol. The van der Waals surface area contributed by atoms with Gasteiger partial charge in [-0.1, -0.05) is 0 Å². The van der Waals surface area contributed by atoms with Gasteiger partial charge in [0.15, 0.2) is 0 Å². The van der Waals surface area contributed by atoms with Crippen molar-refractivity contribution >= 4 is 34.6 Å². The first kappa shape index (κ1) is 21.8. The highest BCUT2D eigenvalue weighted by atomic mass is 16.6. The van der Waals surface area contributed by atoms with Crippen LogP contribution in [0.4, 0.5) is 11.4 Å². The number of benzene rings is 2. The van der Waals surface area contributed by atoms with Crippen LogP contribution in [0, 0.1) is 20.2 Å². The summed E-state index contributed by atoms with van der Waals surface area (Å²) < 4.78 is 0. The van der Waals surface area contributed by atoms with Crippen molar-refractivity contribution in [3.05, 3.63) is 79.9 Å². The van der Waals surface area contributed by atoms with Crippen molar-refractivity contribution in [2.75, 3.05) is 0 Å². The number of nitrogens with zero attached hydrogens (tertiary/aromatic N) is 4. The number of hydrazone groups is 2. The highest BCUT2D eigenvalue weighted by molar-refractivity contribution is 6.35. The standard InChI is InChI=1S/C18H16N6O6/c1-11(13-3-7-15(8-4-13)23(27)28)19-21-17(25)18(26)22-20-12(2)14-5-9-16(10-6-14)24(29)30/h3-10H,1-2H3,(H,21,25)(H,22,26). The summed E-state index contributed by atoms with van der Waals surface area (Å²) >= 11 is 0. The minimum Gasteiger partial charge on any atom is -0.262 e. The van der Waals surface area contributed by atoms with Crippen LogP contribution in [0.3, 0.4) is 0 Å². The second-order valence-corrected chi connectivity index (χ2v) is 5.88. The van der Waals surface area contributed by atoms with E-state index in [0.29, 0.717) is 22.6 Å². The molecule has 30 heavy (non-hydrogen) atoms. The third-order valence-electron chi connectivity index (χ3n) is 3.85. The minimum absolute atomic E-state index is 0.0868. The van der Waals surface area contributed by atoms with Gasteiger partial charge in [-0.25, -0.2) is 10.9 Å². The lowest BCUT2D eigenvalue weighted by Crippen LogP contribution is -2.36. The van der Waals surface area contributed by atoms with E-state index in [0.717, 1.165) is 0 Å². The molecule has 154 valence electrons. The van der Waals surface area contributed by atoms with E-state index in [1.807, 2.05) is 0 Å². The molecule has 0 aliphatic carbocycles. The van der Waals surface area contributed by atoms with Crippen molar-refractivity contribution in [3.8, 4) is 0 Å². The Morgan fingerprint density at radius 1 is 0.700 bits per heavy atom. The zero-order valence-electron chi connectivity index (χ0n) is 15.9. The second-order valence-electron chi connectivity index (χ2n) is 5.88. The molecule has 0 saturated carbocycles. The fourth-order valence-electron chi connectivity index (χ4n) is 2.15. The number of nitro groups is 2. The predicted molar refractivity (Wildman–Crippen MR) is 107 cm³/mol.